The Kier molecular flexibility index (Phi) is 10.6. The molecule has 148 valence electrons. The standard InChI is InChI=1S/C20H32N2O3.ClH/c1-16(21)19-6-3-4-13-22(19)20(23)7-5-14-25-18-10-8-17(9-11-18)12-15-24-2;/h8-11,16,19H,3-7,12-15,21H2,1-2H3;1H. The minimum atomic E-state index is 0. The smallest absolute Gasteiger partial charge is 0.222 e. The van der Waals surface area contributed by atoms with Crippen molar-refractivity contribution in [2.45, 2.75) is 57.5 Å². The molecule has 2 rings (SSSR count). The third-order valence-electron chi connectivity index (χ3n) is 4.80. The van der Waals surface area contributed by atoms with Gasteiger partial charge < -0.3 is 20.1 Å². The van der Waals surface area contributed by atoms with Gasteiger partial charge >= 0.3 is 0 Å². The second-order valence-electron chi connectivity index (χ2n) is 6.85. The zero-order valence-electron chi connectivity index (χ0n) is 16.0. The molecule has 2 unspecified atom stereocenters. The van der Waals surface area contributed by atoms with Crippen molar-refractivity contribution >= 4 is 18.3 Å². The van der Waals surface area contributed by atoms with Crippen LogP contribution in [0.25, 0.3) is 0 Å². The zero-order valence-corrected chi connectivity index (χ0v) is 16.8. The summed E-state index contributed by atoms with van der Waals surface area (Å²) in [7, 11) is 1.71. The third kappa shape index (κ3) is 7.14. The van der Waals surface area contributed by atoms with Gasteiger partial charge in [-0.3, -0.25) is 4.79 Å². The Morgan fingerprint density at radius 3 is 2.65 bits per heavy atom. The maximum absolute atomic E-state index is 12.5. The van der Waals surface area contributed by atoms with Crippen LogP contribution in [0.1, 0.15) is 44.6 Å². The number of rotatable bonds is 9. The van der Waals surface area contributed by atoms with Crippen LogP contribution in [0.15, 0.2) is 24.3 Å². The summed E-state index contributed by atoms with van der Waals surface area (Å²) in [5, 5.41) is 0. The van der Waals surface area contributed by atoms with E-state index in [-0.39, 0.29) is 30.4 Å². The Labute approximate surface area is 163 Å². The first-order valence-corrected chi connectivity index (χ1v) is 9.37. The maximum atomic E-state index is 12.5. The van der Waals surface area contributed by atoms with Crippen LogP contribution in [-0.4, -0.2) is 49.8 Å². The number of carbonyl (C=O) groups is 1. The van der Waals surface area contributed by atoms with Crippen molar-refractivity contribution in [3.05, 3.63) is 29.8 Å². The predicted molar refractivity (Wildman–Crippen MR) is 107 cm³/mol. The first-order valence-electron chi connectivity index (χ1n) is 9.37. The largest absolute Gasteiger partial charge is 0.494 e. The summed E-state index contributed by atoms with van der Waals surface area (Å²) in [4.78, 5) is 14.5. The number of amides is 1. The van der Waals surface area contributed by atoms with E-state index in [1.165, 1.54) is 12.0 Å². The molecule has 1 heterocycles. The van der Waals surface area contributed by atoms with Crippen LogP contribution >= 0.6 is 12.4 Å². The molecular formula is C20H33ClN2O3. The molecule has 0 spiro atoms. The maximum Gasteiger partial charge on any atom is 0.222 e. The SMILES string of the molecule is COCCc1ccc(OCCCC(=O)N2CCCCC2C(C)N)cc1.Cl. The van der Waals surface area contributed by atoms with Crippen molar-refractivity contribution in [2.24, 2.45) is 5.73 Å². The number of ether oxygens (including phenoxy) is 2. The van der Waals surface area contributed by atoms with E-state index in [9.17, 15) is 4.79 Å². The summed E-state index contributed by atoms with van der Waals surface area (Å²) in [6.45, 7) is 4.12. The molecule has 1 fully saturated rings. The molecule has 0 aliphatic carbocycles. The van der Waals surface area contributed by atoms with Crippen molar-refractivity contribution in [3.63, 3.8) is 0 Å². The quantitative estimate of drug-likeness (QED) is 0.664. The fraction of sp³-hybridized carbons (Fsp3) is 0.650. The molecule has 0 saturated carbocycles. The molecule has 1 aliphatic heterocycles. The number of nitrogens with zero attached hydrogens (tertiary/aromatic N) is 1. The summed E-state index contributed by atoms with van der Waals surface area (Å²) in [5.74, 6) is 1.06. The molecule has 1 aromatic carbocycles. The van der Waals surface area contributed by atoms with Crippen molar-refractivity contribution in [2.75, 3.05) is 26.9 Å². The molecule has 5 nitrogen and oxygen atoms in total. The second kappa shape index (κ2) is 12.2. The summed E-state index contributed by atoms with van der Waals surface area (Å²) < 4.78 is 10.8. The number of carbonyl (C=O) groups excluding carboxylic acids is 1. The number of nitrogens with two attached hydrogens (primary N) is 1. The Balaban J connectivity index is 0.00000338. The van der Waals surface area contributed by atoms with Crippen LogP contribution < -0.4 is 10.5 Å². The van der Waals surface area contributed by atoms with E-state index in [0.717, 1.165) is 44.6 Å². The number of benzene rings is 1. The topological polar surface area (TPSA) is 64.8 Å². The van der Waals surface area contributed by atoms with Gasteiger partial charge in [-0.15, -0.1) is 12.4 Å². The van der Waals surface area contributed by atoms with Crippen LogP contribution in [0.4, 0.5) is 0 Å². The van der Waals surface area contributed by atoms with E-state index in [4.69, 9.17) is 15.2 Å². The summed E-state index contributed by atoms with van der Waals surface area (Å²) in [6, 6.07) is 8.30. The number of methoxy groups -OCH3 is 1. The predicted octanol–water partition coefficient (Wildman–Crippen LogP) is 3.18. The Hall–Kier alpha value is -1.30. The molecule has 0 radical (unpaired) electrons. The highest BCUT2D eigenvalue weighted by Crippen LogP contribution is 2.20. The molecule has 0 aromatic heterocycles. The van der Waals surface area contributed by atoms with E-state index >= 15 is 0 Å². The number of hydrogen-bond acceptors (Lipinski definition) is 4. The van der Waals surface area contributed by atoms with Gasteiger partial charge in [0.05, 0.1) is 13.2 Å². The van der Waals surface area contributed by atoms with Gasteiger partial charge in [0.1, 0.15) is 5.75 Å². The Morgan fingerprint density at radius 1 is 1.27 bits per heavy atom. The van der Waals surface area contributed by atoms with Gasteiger partial charge in [-0.1, -0.05) is 12.1 Å². The van der Waals surface area contributed by atoms with Gasteiger partial charge in [-0.2, -0.15) is 0 Å². The lowest BCUT2D eigenvalue weighted by atomic mass is 9.96. The molecule has 2 N–H and O–H groups in total. The third-order valence-corrected chi connectivity index (χ3v) is 4.80. The van der Waals surface area contributed by atoms with Gasteiger partial charge in [0, 0.05) is 32.2 Å². The normalized spacial score (nSPS) is 18.1. The van der Waals surface area contributed by atoms with Crippen molar-refractivity contribution in [3.8, 4) is 5.75 Å². The van der Waals surface area contributed by atoms with E-state index in [1.807, 2.05) is 24.0 Å². The summed E-state index contributed by atoms with van der Waals surface area (Å²) in [6.07, 6.45) is 5.43. The lowest BCUT2D eigenvalue weighted by molar-refractivity contribution is -0.135. The molecule has 1 aromatic rings. The molecule has 2 atom stereocenters. The average Bonchev–Trinajstić information content (AvgIpc) is 2.64. The highest BCUT2D eigenvalue weighted by atomic mass is 35.5. The number of piperidine rings is 1. The molecular weight excluding hydrogens is 352 g/mol. The van der Waals surface area contributed by atoms with Crippen molar-refractivity contribution in [1.29, 1.82) is 0 Å². The highest BCUT2D eigenvalue weighted by molar-refractivity contribution is 5.85. The minimum Gasteiger partial charge on any atom is -0.494 e. The zero-order chi connectivity index (χ0) is 18.1. The van der Waals surface area contributed by atoms with Crippen molar-refractivity contribution < 1.29 is 14.3 Å². The molecule has 0 bridgehead atoms. The highest BCUT2D eigenvalue weighted by Gasteiger charge is 2.28. The van der Waals surface area contributed by atoms with Gasteiger partial charge in [0.25, 0.3) is 0 Å². The van der Waals surface area contributed by atoms with Crippen LogP contribution in [0, 0.1) is 0 Å². The van der Waals surface area contributed by atoms with Gasteiger partial charge in [-0.05, 0) is 56.7 Å². The van der Waals surface area contributed by atoms with E-state index < -0.39 is 0 Å². The van der Waals surface area contributed by atoms with E-state index in [1.54, 1.807) is 7.11 Å². The van der Waals surface area contributed by atoms with E-state index in [2.05, 4.69) is 12.1 Å². The first kappa shape index (κ1) is 22.7. The molecule has 26 heavy (non-hydrogen) atoms. The lowest BCUT2D eigenvalue weighted by Gasteiger charge is -2.38. The fourth-order valence-electron chi connectivity index (χ4n) is 3.34. The van der Waals surface area contributed by atoms with Crippen LogP contribution in [0.5, 0.6) is 5.75 Å². The fourth-order valence-corrected chi connectivity index (χ4v) is 3.34. The first-order chi connectivity index (χ1) is 12.1. The van der Waals surface area contributed by atoms with Gasteiger partial charge in [0.2, 0.25) is 5.91 Å². The monoisotopic (exact) mass is 384 g/mol. The van der Waals surface area contributed by atoms with Crippen LogP contribution in [0.3, 0.4) is 0 Å². The number of halogens is 1. The second-order valence-corrected chi connectivity index (χ2v) is 6.85. The van der Waals surface area contributed by atoms with Crippen LogP contribution in [0.2, 0.25) is 0 Å². The summed E-state index contributed by atoms with van der Waals surface area (Å²) in [5.41, 5.74) is 7.28. The van der Waals surface area contributed by atoms with Crippen LogP contribution in [-0.2, 0) is 16.0 Å². The summed E-state index contributed by atoms with van der Waals surface area (Å²) >= 11 is 0. The average molecular weight is 385 g/mol. The molecule has 1 aliphatic rings. The van der Waals surface area contributed by atoms with E-state index in [0.29, 0.717) is 13.0 Å². The lowest BCUT2D eigenvalue weighted by Crippen LogP contribution is -2.51. The van der Waals surface area contributed by atoms with Crippen molar-refractivity contribution in [1.82, 2.24) is 4.90 Å². The van der Waals surface area contributed by atoms with Gasteiger partial charge in [-0.25, -0.2) is 0 Å². The van der Waals surface area contributed by atoms with Gasteiger partial charge in [0.15, 0.2) is 0 Å². The molecule has 1 saturated heterocycles. The Bertz CT molecular complexity index is 522. The minimum absolute atomic E-state index is 0. The molecule has 6 heteroatoms. The molecule has 1 amide bonds. The number of likely N-dealkylation sites (tertiary alicyclic amines) is 1. The Morgan fingerprint density at radius 2 is 2.00 bits per heavy atom. The number of hydrogen-bond donors (Lipinski definition) is 1.